The molecule has 2 N–H and O–H groups in total. The lowest BCUT2D eigenvalue weighted by Gasteiger charge is -2.07. The van der Waals surface area contributed by atoms with Crippen molar-refractivity contribution in [1.82, 2.24) is 15.3 Å². The number of hydrogen-bond acceptors (Lipinski definition) is 3. The van der Waals surface area contributed by atoms with E-state index in [-0.39, 0.29) is 0 Å². The predicted octanol–water partition coefficient (Wildman–Crippen LogP) is 1.70. The van der Waals surface area contributed by atoms with Gasteiger partial charge in [0.1, 0.15) is 0 Å². The van der Waals surface area contributed by atoms with E-state index in [4.69, 9.17) is 4.74 Å². The van der Waals surface area contributed by atoms with Crippen LogP contribution in [-0.4, -0.2) is 29.2 Å². The molecule has 0 aliphatic rings. The van der Waals surface area contributed by atoms with Gasteiger partial charge in [0.15, 0.2) is 0 Å². The van der Waals surface area contributed by atoms with E-state index in [2.05, 4.69) is 29.1 Å². The van der Waals surface area contributed by atoms with Crippen molar-refractivity contribution in [3.8, 4) is 0 Å². The van der Waals surface area contributed by atoms with Crippen LogP contribution in [-0.2, 0) is 11.3 Å². The summed E-state index contributed by atoms with van der Waals surface area (Å²) in [6, 6.07) is 0. The van der Waals surface area contributed by atoms with Crippen LogP contribution in [0.4, 0.5) is 0 Å². The zero-order chi connectivity index (χ0) is 10.9. The molecule has 0 saturated carbocycles. The molecular weight excluding hydrogens is 190 g/mol. The lowest BCUT2D eigenvalue weighted by molar-refractivity contribution is 0.0760. The van der Waals surface area contributed by atoms with Crippen LogP contribution < -0.4 is 5.32 Å². The number of nitrogens with zero attached hydrogens (tertiary/aromatic N) is 1. The van der Waals surface area contributed by atoms with E-state index in [1.165, 1.54) is 0 Å². The Morgan fingerprint density at radius 1 is 1.47 bits per heavy atom. The molecule has 15 heavy (non-hydrogen) atoms. The van der Waals surface area contributed by atoms with Gasteiger partial charge in [-0.05, 0) is 33.2 Å². The van der Waals surface area contributed by atoms with Crippen molar-refractivity contribution in [1.29, 1.82) is 0 Å². The fourth-order valence-electron chi connectivity index (χ4n) is 1.28. The van der Waals surface area contributed by atoms with Gasteiger partial charge < -0.3 is 15.0 Å². The molecule has 0 aliphatic heterocycles. The number of rotatable bonds is 8. The standard InChI is InChI=1S/C11H21N3O/c1-10(2)15-6-4-3-5-12-7-11-8-13-9-14-11/h8-10,12H,3-7H2,1-2H3,(H,13,14). The van der Waals surface area contributed by atoms with Gasteiger partial charge in [-0.2, -0.15) is 0 Å². The third-order valence-electron chi connectivity index (χ3n) is 2.07. The maximum atomic E-state index is 5.45. The molecule has 1 aromatic rings. The summed E-state index contributed by atoms with van der Waals surface area (Å²) >= 11 is 0. The lowest BCUT2D eigenvalue weighted by atomic mass is 10.3. The van der Waals surface area contributed by atoms with E-state index in [1.807, 2.05) is 6.20 Å². The second kappa shape index (κ2) is 7.43. The molecule has 0 atom stereocenters. The van der Waals surface area contributed by atoms with Gasteiger partial charge in [0.05, 0.1) is 12.4 Å². The quantitative estimate of drug-likeness (QED) is 0.643. The van der Waals surface area contributed by atoms with Gasteiger partial charge in [0.25, 0.3) is 0 Å². The molecule has 0 aliphatic carbocycles. The number of H-pyrrole nitrogens is 1. The summed E-state index contributed by atoms with van der Waals surface area (Å²) in [6.45, 7) is 6.89. The van der Waals surface area contributed by atoms with Crippen molar-refractivity contribution < 1.29 is 4.74 Å². The van der Waals surface area contributed by atoms with Crippen LogP contribution >= 0.6 is 0 Å². The molecule has 86 valence electrons. The molecule has 1 aromatic heterocycles. The minimum Gasteiger partial charge on any atom is -0.379 e. The zero-order valence-corrected chi connectivity index (χ0v) is 9.62. The molecule has 0 aromatic carbocycles. The Morgan fingerprint density at radius 3 is 3.00 bits per heavy atom. The van der Waals surface area contributed by atoms with Crippen LogP contribution in [0.15, 0.2) is 12.5 Å². The Kier molecular flexibility index (Phi) is 6.04. The monoisotopic (exact) mass is 211 g/mol. The van der Waals surface area contributed by atoms with Crippen molar-refractivity contribution in [2.24, 2.45) is 0 Å². The fraction of sp³-hybridized carbons (Fsp3) is 0.727. The van der Waals surface area contributed by atoms with Crippen LogP contribution in [0.1, 0.15) is 32.4 Å². The first kappa shape index (κ1) is 12.2. The van der Waals surface area contributed by atoms with Crippen molar-refractivity contribution >= 4 is 0 Å². The topological polar surface area (TPSA) is 49.9 Å². The largest absolute Gasteiger partial charge is 0.379 e. The highest BCUT2D eigenvalue weighted by Crippen LogP contribution is 1.94. The summed E-state index contributed by atoms with van der Waals surface area (Å²) in [7, 11) is 0. The van der Waals surface area contributed by atoms with Crippen LogP contribution in [0.3, 0.4) is 0 Å². The molecule has 4 heteroatoms. The normalized spacial score (nSPS) is 11.1. The number of hydrogen-bond donors (Lipinski definition) is 2. The average Bonchev–Trinajstić information content (AvgIpc) is 2.68. The number of ether oxygens (including phenoxy) is 1. The van der Waals surface area contributed by atoms with Gasteiger partial charge in [0.2, 0.25) is 0 Å². The predicted molar refractivity (Wildman–Crippen MR) is 60.6 cm³/mol. The number of imidazole rings is 1. The smallest absolute Gasteiger partial charge is 0.0922 e. The van der Waals surface area contributed by atoms with E-state index >= 15 is 0 Å². The second-order valence-corrected chi connectivity index (χ2v) is 3.88. The van der Waals surface area contributed by atoms with Crippen molar-refractivity contribution in [2.75, 3.05) is 13.2 Å². The van der Waals surface area contributed by atoms with Crippen LogP contribution in [0.25, 0.3) is 0 Å². The maximum Gasteiger partial charge on any atom is 0.0922 e. The first-order valence-corrected chi connectivity index (χ1v) is 5.58. The highest BCUT2D eigenvalue weighted by molar-refractivity contribution is 4.92. The van der Waals surface area contributed by atoms with E-state index in [9.17, 15) is 0 Å². The molecule has 1 rings (SSSR count). The molecule has 0 spiro atoms. The van der Waals surface area contributed by atoms with Gasteiger partial charge >= 0.3 is 0 Å². The van der Waals surface area contributed by atoms with E-state index in [1.54, 1.807) is 6.33 Å². The van der Waals surface area contributed by atoms with Crippen molar-refractivity contribution in [3.05, 3.63) is 18.2 Å². The van der Waals surface area contributed by atoms with E-state index < -0.39 is 0 Å². The Hall–Kier alpha value is -0.870. The summed E-state index contributed by atoms with van der Waals surface area (Å²) < 4.78 is 5.45. The molecule has 0 fully saturated rings. The molecule has 4 nitrogen and oxygen atoms in total. The average molecular weight is 211 g/mol. The zero-order valence-electron chi connectivity index (χ0n) is 9.62. The van der Waals surface area contributed by atoms with Crippen LogP contribution in [0.2, 0.25) is 0 Å². The highest BCUT2D eigenvalue weighted by Gasteiger charge is 1.94. The molecule has 0 saturated heterocycles. The third kappa shape index (κ3) is 6.25. The summed E-state index contributed by atoms with van der Waals surface area (Å²) in [6.07, 6.45) is 6.17. The van der Waals surface area contributed by atoms with Gasteiger partial charge in [-0.15, -0.1) is 0 Å². The van der Waals surface area contributed by atoms with Crippen LogP contribution in [0.5, 0.6) is 0 Å². The maximum absolute atomic E-state index is 5.45. The summed E-state index contributed by atoms with van der Waals surface area (Å²) in [5.41, 5.74) is 1.13. The summed E-state index contributed by atoms with van der Waals surface area (Å²) in [4.78, 5) is 7.01. The van der Waals surface area contributed by atoms with Gasteiger partial charge in [0, 0.05) is 25.0 Å². The Balaban J connectivity index is 1.85. The number of unbranched alkanes of at least 4 members (excludes halogenated alkanes) is 1. The Morgan fingerprint density at radius 2 is 2.33 bits per heavy atom. The molecule has 0 radical (unpaired) electrons. The van der Waals surface area contributed by atoms with Gasteiger partial charge in [-0.3, -0.25) is 0 Å². The lowest BCUT2D eigenvalue weighted by Crippen LogP contribution is -2.15. The summed E-state index contributed by atoms with van der Waals surface area (Å²) in [5.74, 6) is 0. The number of aromatic amines is 1. The summed E-state index contributed by atoms with van der Waals surface area (Å²) in [5, 5.41) is 3.35. The molecule has 0 amide bonds. The van der Waals surface area contributed by atoms with Crippen LogP contribution in [0, 0.1) is 0 Å². The Bertz CT molecular complexity index is 234. The van der Waals surface area contributed by atoms with Crippen molar-refractivity contribution in [3.63, 3.8) is 0 Å². The Labute approximate surface area is 91.4 Å². The number of aromatic nitrogens is 2. The first-order chi connectivity index (χ1) is 7.29. The molecule has 1 heterocycles. The molecular formula is C11H21N3O. The first-order valence-electron chi connectivity index (χ1n) is 5.58. The second-order valence-electron chi connectivity index (χ2n) is 3.88. The molecule has 0 bridgehead atoms. The van der Waals surface area contributed by atoms with E-state index in [0.29, 0.717) is 6.10 Å². The minimum absolute atomic E-state index is 0.350. The fourth-order valence-corrected chi connectivity index (χ4v) is 1.28. The minimum atomic E-state index is 0.350. The van der Waals surface area contributed by atoms with Crippen molar-refractivity contribution in [2.45, 2.75) is 39.3 Å². The highest BCUT2D eigenvalue weighted by atomic mass is 16.5. The van der Waals surface area contributed by atoms with Gasteiger partial charge in [-0.25, -0.2) is 4.98 Å². The third-order valence-corrected chi connectivity index (χ3v) is 2.07. The molecule has 0 unspecified atom stereocenters. The van der Waals surface area contributed by atoms with Gasteiger partial charge in [-0.1, -0.05) is 0 Å². The SMILES string of the molecule is CC(C)OCCCCNCc1cnc[nH]1. The number of nitrogens with one attached hydrogen (secondary N) is 2. The van der Waals surface area contributed by atoms with E-state index in [0.717, 1.165) is 38.2 Å².